The zero-order chi connectivity index (χ0) is 19.1. The Morgan fingerprint density at radius 2 is 1.77 bits per heavy atom. The van der Waals surface area contributed by atoms with E-state index in [-0.39, 0.29) is 11.5 Å². The lowest BCUT2D eigenvalue weighted by atomic mass is 9.90. The third-order valence-corrected chi connectivity index (χ3v) is 4.12. The molecule has 1 atom stereocenters. The van der Waals surface area contributed by atoms with Gasteiger partial charge in [-0.2, -0.15) is 0 Å². The fourth-order valence-corrected chi connectivity index (χ4v) is 2.81. The van der Waals surface area contributed by atoms with Crippen molar-refractivity contribution >= 4 is 11.8 Å². The number of benzene rings is 2. The van der Waals surface area contributed by atoms with E-state index >= 15 is 0 Å². The van der Waals surface area contributed by atoms with Crippen LogP contribution in [0, 0.1) is 0 Å². The zero-order valence-corrected chi connectivity index (χ0v) is 15.3. The van der Waals surface area contributed by atoms with Gasteiger partial charge < -0.3 is 14.6 Å². The molecular formula is C21H24O5. The number of carbonyl (C=O) groups excluding carboxylic acids is 2. The molecule has 2 aromatic carbocycles. The first-order valence-electron chi connectivity index (χ1n) is 8.68. The minimum absolute atomic E-state index is 0.0859. The van der Waals surface area contributed by atoms with E-state index in [9.17, 15) is 14.7 Å². The Morgan fingerprint density at radius 1 is 1.08 bits per heavy atom. The van der Waals surface area contributed by atoms with E-state index in [0.717, 1.165) is 12.0 Å². The maximum atomic E-state index is 13.0. The van der Waals surface area contributed by atoms with Gasteiger partial charge in [-0.15, -0.1) is 0 Å². The molecule has 0 aliphatic heterocycles. The monoisotopic (exact) mass is 356 g/mol. The molecule has 1 unspecified atom stereocenters. The lowest BCUT2D eigenvalue weighted by molar-refractivity contribution is -0.154. The number of esters is 1. The van der Waals surface area contributed by atoms with Crippen molar-refractivity contribution in [3.05, 3.63) is 64.7 Å². The number of phenolic OH excluding ortho intramolecular Hbond substituents is 1. The van der Waals surface area contributed by atoms with Crippen LogP contribution in [-0.4, -0.2) is 30.6 Å². The Balaban J connectivity index is 2.57. The lowest BCUT2D eigenvalue weighted by Crippen LogP contribution is -2.22. The molecule has 1 N–H and O–H groups in total. The van der Waals surface area contributed by atoms with Gasteiger partial charge in [0.1, 0.15) is 5.75 Å². The first-order valence-corrected chi connectivity index (χ1v) is 8.68. The van der Waals surface area contributed by atoms with Crippen molar-refractivity contribution in [1.29, 1.82) is 0 Å². The minimum Gasteiger partial charge on any atom is -0.508 e. The van der Waals surface area contributed by atoms with Gasteiger partial charge in [-0.3, -0.25) is 4.79 Å². The molecule has 2 aromatic rings. The van der Waals surface area contributed by atoms with Crippen LogP contribution < -0.4 is 0 Å². The second-order valence-electron chi connectivity index (χ2n) is 5.88. The third kappa shape index (κ3) is 4.29. The molecule has 0 aliphatic carbocycles. The summed E-state index contributed by atoms with van der Waals surface area (Å²) >= 11 is 0. The van der Waals surface area contributed by atoms with Crippen molar-refractivity contribution in [3.8, 4) is 5.75 Å². The van der Waals surface area contributed by atoms with E-state index in [0.29, 0.717) is 29.7 Å². The first kappa shape index (κ1) is 19.7. The summed E-state index contributed by atoms with van der Waals surface area (Å²) in [6.45, 7) is 4.29. The second-order valence-corrected chi connectivity index (χ2v) is 5.88. The normalized spacial score (nSPS) is 11.8. The number of aromatic hydroxyl groups is 1. The number of hydrogen-bond donors (Lipinski definition) is 1. The van der Waals surface area contributed by atoms with Gasteiger partial charge in [0.15, 0.2) is 11.9 Å². The topological polar surface area (TPSA) is 72.8 Å². The predicted molar refractivity (Wildman–Crippen MR) is 98.4 cm³/mol. The Labute approximate surface area is 153 Å². The molecule has 0 bridgehead atoms. The molecular weight excluding hydrogens is 332 g/mol. The maximum Gasteiger partial charge on any atom is 0.339 e. The van der Waals surface area contributed by atoms with Crippen LogP contribution in [0.1, 0.15) is 53.4 Å². The molecule has 5 nitrogen and oxygen atoms in total. The summed E-state index contributed by atoms with van der Waals surface area (Å²) in [7, 11) is 1.31. The highest BCUT2D eigenvalue weighted by Gasteiger charge is 2.29. The van der Waals surface area contributed by atoms with Gasteiger partial charge in [-0.05, 0) is 42.7 Å². The quantitative estimate of drug-likeness (QED) is 0.575. The molecule has 0 fully saturated rings. The maximum absolute atomic E-state index is 13.0. The van der Waals surface area contributed by atoms with Crippen molar-refractivity contribution in [2.75, 3.05) is 13.7 Å². The average Bonchev–Trinajstić information content (AvgIpc) is 2.67. The van der Waals surface area contributed by atoms with E-state index in [1.54, 1.807) is 24.3 Å². The second kappa shape index (κ2) is 9.15. The number of rotatable bonds is 8. The summed E-state index contributed by atoms with van der Waals surface area (Å²) in [6.07, 6.45) is 0.435. The highest BCUT2D eigenvalue weighted by Crippen LogP contribution is 2.29. The standard InChI is InChI=1S/C21H24O5/c1-4-13-26-20(21(24)25-3)18-14(5-2)7-6-8-17(18)19(23)15-9-11-16(22)12-10-15/h6-12,20,22H,4-5,13H2,1-3H3. The highest BCUT2D eigenvalue weighted by molar-refractivity contribution is 6.10. The minimum atomic E-state index is -0.952. The molecule has 26 heavy (non-hydrogen) atoms. The molecule has 2 rings (SSSR count). The molecule has 0 heterocycles. The van der Waals surface area contributed by atoms with Crippen LogP contribution in [-0.2, 0) is 20.7 Å². The fourth-order valence-electron chi connectivity index (χ4n) is 2.81. The lowest BCUT2D eigenvalue weighted by Gasteiger charge is -2.21. The van der Waals surface area contributed by atoms with Gasteiger partial charge >= 0.3 is 5.97 Å². The largest absolute Gasteiger partial charge is 0.508 e. The smallest absolute Gasteiger partial charge is 0.339 e. The summed E-state index contributed by atoms with van der Waals surface area (Å²) in [5, 5.41) is 9.44. The summed E-state index contributed by atoms with van der Waals surface area (Å²) in [5.41, 5.74) is 2.24. The first-order chi connectivity index (χ1) is 12.5. The molecule has 0 aromatic heterocycles. The SMILES string of the molecule is CCCOC(C(=O)OC)c1c(CC)cccc1C(=O)c1ccc(O)cc1. The highest BCUT2D eigenvalue weighted by atomic mass is 16.6. The van der Waals surface area contributed by atoms with E-state index in [1.165, 1.54) is 19.2 Å². The molecule has 5 heteroatoms. The van der Waals surface area contributed by atoms with E-state index < -0.39 is 12.1 Å². The zero-order valence-electron chi connectivity index (χ0n) is 15.3. The average molecular weight is 356 g/mol. The van der Waals surface area contributed by atoms with Gasteiger partial charge in [-0.1, -0.05) is 32.0 Å². The van der Waals surface area contributed by atoms with Crippen molar-refractivity contribution in [2.45, 2.75) is 32.8 Å². The van der Waals surface area contributed by atoms with Crippen LogP contribution in [0.25, 0.3) is 0 Å². The Bertz CT molecular complexity index is 764. The van der Waals surface area contributed by atoms with E-state index in [2.05, 4.69) is 0 Å². The van der Waals surface area contributed by atoms with Crippen LogP contribution in [0.4, 0.5) is 0 Å². The molecule has 0 spiro atoms. The fraction of sp³-hybridized carbons (Fsp3) is 0.333. The van der Waals surface area contributed by atoms with Gasteiger partial charge in [-0.25, -0.2) is 4.79 Å². The summed E-state index contributed by atoms with van der Waals surface area (Å²) in [4.78, 5) is 25.4. The Kier molecular flexibility index (Phi) is 6.92. The summed E-state index contributed by atoms with van der Waals surface area (Å²) < 4.78 is 10.7. The van der Waals surface area contributed by atoms with Crippen molar-refractivity contribution < 1.29 is 24.2 Å². The summed E-state index contributed by atoms with van der Waals surface area (Å²) in [6, 6.07) is 11.4. The van der Waals surface area contributed by atoms with E-state index in [4.69, 9.17) is 9.47 Å². The van der Waals surface area contributed by atoms with Crippen molar-refractivity contribution in [3.63, 3.8) is 0 Å². The number of phenols is 1. The molecule has 138 valence electrons. The van der Waals surface area contributed by atoms with Crippen LogP contribution in [0.3, 0.4) is 0 Å². The van der Waals surface area contributed by atoms with E-state index in [1.807, 2.05) is 19.9 Å². The number of ether oxygens (including phenoxy) is 2. The number of carbonyl (C=O) groups is 2. The van der Waals surface area contributed by atoms with Crippen molar-refractivity contribution in [2.24, 2.45) is 0 Å². The Morgan fingerprint density at radius 3 is 2.35 bits per heavy atom. The number of aryl methyl sites for hydroxylation is 1. The number of hydrogen-bond acceptors (Lipinski definition) is 5. The molecule has 0 radical (unpaired) electrons. The van der Waals surface area contributed by atoms with Crippen molar-refractivity contribution in [1.82, 2.24) is 0 Å². The predicted octanol–water partition coefficient (Wildman–Crippen LogP) is 3.83. The summed E-state index contributed by atoms with van der Waals surface area (Å²) in [5.74, 6) is -0.675. The van der Waals surface area contributed by atoms with Crippen LogP contribution >= 0.6 is 0 Å². The number of methoxy groups -OCH3 is 1. The van der Waals surface area contributed by atoms with Crippen LogP contribution in [0.5, 0.6) is 5.75 Å². The molecule has 0 amide bonds. The Hall–Kier alpha value is -2.66. The number of ketones is 1. The van der Waals surface area contributed by atoms with Crippen LogP contribution in [0.15, 0.2) is 42.5 Å². The molecule has 0 saturated heterocycles. The van der Waals surface area contributed by atoms with Gasteiger partial charge in [0.05, 0.1) is 7.11 Å². The van der Waals surface area contributed by atoms with Gasteiger partial charge in [0, 0.05) is 23.3 Å². The van der Waals surface area contributed by atoms with Gasteiger partial charge in [0.25, 0.3) is 0 Å². The van der Waals surface area contributed by atoms with Gasteiger partial charge in [0.2, 0.25) is 0 Å². The third-order valence-electron chi connectivity index (χ3n) is 4.12. The molecule has 0 saturated carbocycles. The van der Waals surface area contributed by atoms with Crippen LogP contribution in [0.2, 0.25) is 0 Å². The molecule has 0 aliphatic rings.